The molecule has 1 fully saturated rings. The largest absolute Gasteiger partial charge is 0.383 e. The number of piperazine rings is 1. The van der Waals surface area contributed by atoms with Crippen molar-refractivity contribution in [3.05, 3.63) is 0 Å². The molecule has 1 aliphatic rings. The standard InChI is InChI=1S/C9H19N3O2.ClH/c1-14-7-4-11-9(13)8-12-5-2-10-3-6-12;/h10H,2-8H2,1H3,(H,11,13);1H. The van der Waals surface area contributed by atoms with Crippen molar-refractivity contribution in [1.29, 1.82) is 0 Å². The highest BCUT2D eigenvalue weighted by Crippen LogP contribution is 1.90. The summed E-state index contributed by atoms with van der Waals surface area (Å²) in [7, 11) is 1.63. The molecule has 0 radical (unpaired) electrons. The Kier molecular flexibility index (Phi) is 8.70. The van der Waals surface area contributed by atoms with Crippen LogP contribution in [0.15, 0.2) is 0 Å². The average molecular weight is 238 g/mol. The van der Waals surface area contributed by atoms with Gasteiger partial charge in [-0.05, 0) is 0 Å². The maximum atomic E-state index is 11.4. The normalized spacial score (nSPS) is 16.9. The molecule has 1 saturated heterocycles. The molecule has 1 rings (SSSR count). The minimum atomic E-state index is 0. The molecule has 0 saturated carbocycles. The molecule has 5 nitrogen and oxygen atoms in total. The summed E-state index contributed by atoms with van der Waals surface area (Å²) in [6.07, 6.45) is 0. The Morgan fingerprint density at radius 1 is 1.47 bits per heavy atom. The molecular weight excluding hydrogens is 218 g/mol. The van der Waals surface area contributed by atoms with Crippen molar-refractivity contribution >= 4 is 18.3 Å². The quantitative estimate of drug-likeness (QED) is 0.607. The Hall–Kier alpha value is -0.360. The maximum Gasteiger partial charge on any atom is 0.234 e. The van der Waals surface area contributed by atoms with Gasteiger partial charge in [0.25, 0.3) is 0 Å². The number of nitrogens with zero attached hydrogens (tertiary/aromatic N) is 1. The minimum Gasteiger partial charge on any atom is -0.383 e. The van der Waals surface area contributed by atoms with E-state index in [0.717, 1.165) is 26.2 Å². The van der Waals surface area contributed by atoms with Gasteiger partial charge in [0, 0.05) is 39.8 Å². The molecular formula is C9H20ClN3O2. The van der Waals surface area contributed by atoms with E-state index in [1.165, 1.54) is 0 Å². The molecule has 0 atom stereocenters. The summed E-state index contributed by atoms with van der Waals surface area (Å²) in [5.74, 6) is 0.0870. The first-order chi connectivity index (χ1) is 6.83. The van der Waals surface area contributed by atoms with Crippen LogP contribution in [0, 0.1) is 0 Å². The first kappa shape index (κ1) is 14.6. The number of hydrogen-bond donors (Lipinski definition) is 2. The minimum absolute atomic E-state index is 0. The zero-order valence-corrected chi connectivity index (χ0v) is 9.94. The summed E-state index contributed by atoms with van der Waals surface area (Å²) >= 11 is 0. The fraction of sp³-hybridized carbons (Fsp3) is 0.889. The van der Waals surface area contributed by atoms with Crippen LogP contribution in [0.2, 0.25) is 0 Å². The summed E-state index contributed by atoms with van der Waals surface area (Å²) in [6, 6.07) is 0. The van der Waals surface area contributed by atoms with E-state index in [1.807, 2.05) is 0 Å². The Morgan fingerprint density at radius 2 is 2.13 bits per heavy atom. The summed E-state index contributed by atoms with van der Waals surface area (Å²) < 4.78 is 4.84. The molecule has 1 aliphatic heterocycles. The number of amides is 1. The van der Waals surface area contributed by atoms with Gasteiger partial charge in [-0.15, -0.1) is 12.4 Å². The zero-order chi connectivity index (χ0) is 10.2. The third kappa shape index (κ3) is 6.67. The van der Waals surface area contributed by atoms with Crippen LogP contribution in [0.1, 0.15) is 0 Å². The molecule has 2 N–H and O–H groups in total. The van der Waals surface area contributed by atoms with Gasteiger partial charge in [0.15, 0.2) is 0 Å². The maximum absolute atomic E-state index is 11.4. The first-order valence-corrected chi connectivity index (χ1v) is 5.01. The van der Waals surface area contributed by atoms with E-state index in [4.69, 9.17) is 4.74 Å². The monoisotopic (exact) mass is 237 g/mol. The van der Waals surface area contributed by atoms with Gasteiger partial charge in [0.2, 0.25) is 5.91 Å². The van der Waals surface area contributed by atoms with Crippen LogP contribution in [-0.2, 0) is 9.53 Å². The van der Waals surface area contributed by atoms with Crippen molar-refractivity contribution in [2.45, 2.75) is 0 Å². The molecule has 0 aliphatic carbocycles. The molecule has 90 valence electrons. The first-order valence-electron chi connectivity index (χ1n) is 5.01. The van der Waals surface area contributed by atoms with Crippen molar-refractivity contribution < 1.29 is 9.53 Å². The van der Waals surface area contributed by atoms with Crippen LogP contribution in [-0.4, -0.2) is 63.8 Å². The second-order valence-electron chi connectivity index (χ2n) is 3.37. The number of nitrogens with one attached hydrogen (secondary N) is 2. The number of methoxy groups -OCH3 is 1. The van der Waals surface area contributed by atoms with Crippen molar-refractivity contribution in [2.24, 2.45) is 0 Å². The number of hydrogen-bond acceptors (Lipinski definition) is 4. The summed E-state index contributed by atoms with van der Waals surface area (Å²) in [4.78, 5) is 13.5. The molecule has 6 heteroatoms. The molecule has 0 bridgehead atoms. The van der Waals surface area contributed by atoms with Crippen LogP contribution in [0.4, 0.5) is 0 Å². The van der Waals surface area contributed by atoms with Crippen LogP contribution in [0.25, 0.3) is 0 Å². The zero-order valence-electron chi connectivity index (χ0n) is 9.12. The molecule has 1 heterocycles. The summed E-state index contributed by atoms with van der Waals surface area (Å²) in [5.41, 5.74) is 0. The van der Waals surface area contributed by atoms with E-state index in [2.05, 4.69) is 15.5 Å². The van der Waals surface area contributed by atoms with Crippen molar-refractivity contribution in [3.63, 3.8) is 0 Å². The number of ether oxygens (including phenoxy) is 1. The van der Waals surface area contributed by atoms with Crippen molar-refractivity contribution in [1.82, 2.24) is 15.5 Å². The number of halogens is 1. The molecule has 0 unspecified atom stereocenters. The van der Waals surface area contributed by atoms with E-state index in [9.17, 15) is 4.79 Å². The number of carbonyl (C=O) groups is 1. The van der Waals surface area contributed by atoms with Gasteiger partial charge in [-0.25, -0.2) is 0 Å². The molecule has 15 heavy (non-hydrogen) atoms. The Morgan fingerprint density at radius 3 is 2.73 bits per heavy atom. The highest BCUT2D eigenvalue weighted by atomic mass is 35.5. The Balaban J connectivity index is 0.00000196. The SMILES string of the molecule is COCCNC(=O)CN1CCNCC1.Cl. The Labute approximate surface area is 96.9 Å². The third-order valence-corrected chi connectivity index (χ3v) is 2.21. The average Bonchev–Trinajstić information content (AvgIpc) is 2.20. The van der Waals surface area contributed by atoms with Crippen LogP contribution >= 0.6 is 12.4 Å². The lowest BCUT2D eigenvalue weighted by molar-refractivity contribution is -0.122. The third-order valence-electron chi connectivity index (χ3n) is 2.21. The second-order valence-corrected chi connectivity index (χ2v) is 3.37. The van der Waals surface area contributed by atoms with E-state index < -0.39 is 0 Å². The predicted octanol–water partition coefficient (Wildman–Crippen LogP) is -0.924. The topological polar surface area (TPSA) is 53.6 Å². The summed E-state index contributed by atoms with van der Waals surface area (Å²) in [6.45, 7) is 5.55. The second kappa shape index (κ2) is 8.91. The molecule has 0 aromatic carbocycles. The molecule has 0 aromatic rings. The fourth-order valence-electron chi connectivity index (χ4n) is 1.42. The van der Waals surface area contributed by atoms with E-state index in [1.54, 1.807) is 7.11 Å². The van der Waals surface area contributed by atoms with E-state index in [0.29, 0.717) is 19.7 Å². The van der Waals surface area contributed by atoms with E-state index in [-0.39, 0.29) is 18.3 Å². The van der Waals surface area contributed by atoms with Gasteiger partial charge in [0.1, 0.15) is 0 Å². The van der Waals surface area contributed by atoms with Gasteiger partial charge in [-0.2, -0.15) is 0 Å². The molecule has 0 aromatic heterocycles. The lowest BCUT2D eigenvalue weighted by Gasteiger charge is -2.26. The Bertz CT molecular complexity index is 175. The highest BCUT2D eigenvalue weighted by molar-refractivity contribution is 5.85. The van der Waals surface area contributed by atoms with Gasteiger partial charge >= 0.3 is 0 Å². The molecule has 1 amide bonds. The number of rotatable bonds is 5. The van der Waals surface area contributed by atoms with Crippen molar-refractivity contribution in [3.8, 4) is 0 Å². The highest BCUT2D eigenvalue weighted by Gasteiger charge is 2.12. The molecule has 0 spiro atoms. The lowest BCUT2D eigenvalue weighted by atomic mass is 10.3. The fourth-order valence-corrected chi connectivity index (χ4v) is 1.42. The summed E-state index contributed by atoms with van der Waals surface area (Å²) in [5, 5.41) is 6.05. The van der Waals surface area contributed by atoms with Crippen molar-refractivity contribution in [2.75, 3.05) is 53.0 Å². The number of carbonyl (C=O) groups excluding carboxylic acids is 1. The van der Waals surface area contributed by atoms with Gasteiger partial charge in [-0.3, -0.25) is 9.69 Å². The predicted molar refractivity (Wildman–Crippen MR) is 61.4 cm³/mol. The van der Waals surface area contributed by atoms with Gasteiger partial charge in [-0.1, -0.05) is 0 Å². The van der Waals surface area contributed by atoms with Crippen LogP contribution in [0.3, 0.4) is 0 Å². The van der Waals surface area contributed by atoms with Crippen LogP contribution < -0.4 is 10.6 Å². The van der Waals surface area contributed by atoms with Gasteiger partial charge < -0.3 is 15.4 Å². The van der Waals surface area contributed by atoms with E-state index >= 15 is 0 Å². The lowest BCUT2D eigenvalue weighted by Crippen LogP contribution is -2.47. The van der Waals surface area contributed by atoms with Gasteiger partial charge in [0.05, 0.1) is 13.2 Å². The van der Waals surface area contributed by atoms with Crippen LogP contribution in [0.5, 0.6) is 0 Å². The smallest absolute Gasteiger partial charge is 0.234 e.